The number of rotatable bonds is 0. The number of carbonyl (C=O) groups is 1. The van der Waals surface area contributed by atoms with E-state index in [0.717, 1.165) is 28.7 Å². The van der Waals surface area contributed by atoms with Crippen molar-refractivity contribution in [2.75, 3.05) is 0 Å². The zero-order valence-electron chi connectivity index (χ0n) is 8.64. The number of carbonyl (C=O) groups excluding carboxylic acids is 1. The molecular weight excluding hydrogens is 203 g/mol. The van der Waals surface area contributed by atoms with Gasteiger partial charge in [0, 0.05) is 11.1 Å². The summed E-state index contributed by atoms with van der Waals surface area (Å²) >= 11 is 0. The molecule has 0 aromatic heterocycles. The Labute approximate surface area is 93.1 Å². The molecule has 1 nitrogen and oxygen atoms in total. The molecule has 80 valence electrons. The Kier molecular flexibility index (Phi) is 2.57. The van der Waals surface area contributed by atoms with E-state index < -0.39 is 0 Å². The van der Waals surface area contributed by atoms with Crippen LogP contribution in [0, 0.1) is 0 Å². The van der Waals surface area contributed by atoms with Gasteiger partial charge in [-0.1, -0.05) is 48.5 Å². The lowest BCUT2D eigenvalue weighted by molar-refractivity contribution is 0.103. The number of hydrogen-bond donors (Lipinski definition) is 0. The SMILES string of the molecule is F.O=C1c2ccccc2Cc2ccccc21. The van der Waals surface area contributed by atoms with E-state index in [1.807, 2.05) is 48.5 Å². The maximum Gasteiger partial charge on any atom is 0.193 e. The van der Waals surface area contributed by atoms with Crippen molar-refractivity contribution in [3.63, 3.8) is 0 Å². The van der Waals surface area contributed by atoms with Gasteiger partial charge >= 0.3 is 0 Å². The average Bonchev–Trinajstić information content (AvgIpc) is 2.30. The molecule has 16 heavy (non-hydrogen) atoms. The van der Waals surface area contributed by atoms with Gasteiger partial charge in [0.25, 0.3) is 0 Å². The maximum absolute atomic E-state index is 12.1. The molecule has 0 saturated heterocycles. The molecule has 3 rings (SSSR count). The second kappa shape index (κ2) is 3.89. The molecule has 0 heterocycles. The Morgan fingerprint density at radius 1 is 0.750 bits per heavy atom. The average molecular weight is 214 g/mol. The Morgan fingerprint density at radius 2 is 1.19 bits per heavy atom. The highest BCUT2D eigenvalue weighted by Gasteiger charge is 2.21. The Balaban J connectivity index is 0.000000963. The number of hydrogen-bond acceptors (Lipinski definition) is 1. The maximum atomic E-state index is 12.1. The van der Waals surface area contributed by atoms with E-state index >= 15 is 0 Å². The van der Waals surface area contributed by atoms with Gasteiger partial charge in [-0.2, -0.15) is 0 Å². The third-order valence-corrected chi connectivity index (χ3v) is 2.90. The molecule has 1 aliphatic carbocycles. The summed E-state index contributed by atoms with van der Waals surface area (Å²) in [6, 6.07) is 15.7. The monoisotopic (exact) mass is 214 g/mol. The fourth-order valence-corrected chi connectivity index (χ4v) is 2.14. The van der Waals surface area contributed by atoms with Crippen LogP contribution in [0.5, 0.6) is 0 Å². The first-order chi connectivity index (χ1) is 7.36. The molecule has 0 aliphatic heterocycles. The van der Waals surface area contributed by atoms with E-state index in [1.165, 1.54) is 0 Å². The fraction of sp³-hybridized carbons (Fsp3) is 0.0714. The second-order valence-electron chi connectivity index (χ2n) is 3.82. The summed E-state index contributed by atoms with van der Waals surface area (Å²) in [4.78, 5) is 12.1. The third kappa shape index (κ3) is 1.43. The Hall–Kier alpha value is -1.96. The first kappa shape index (κ1) is 10.6. The molecule has 0 fully saturated rings. The van der Waals surface area contributed by atoms with Crippen molar-refractivity contribution in [1.29, 1.82) is 0 Å². The highest BCUT2D eigenvalue weighted by Crippen LogP contribution is 2.26. The Morgan fingerprint density at radius 3 is 1.69 bits per heavy atom. The summed E-state index contributed by atoms with van der Waals surface area (Å²) in [6.07, 6.45) is 0.873. The zero-order chi connectivity index (χ0) is 10.3. The first-order valence-corrected chi connectivity index (χ1v) is 5.07. The van der Waals surface area contributed by atoms with E-state index in [9.17, 15) is 4.79 Å². The highest BCUT2D eigenvalue weighted by molar-refractivity contribution is 6.12. The second-order valence-corrected chi connectivity index (χ2v) is 3.82. The van der Waals surface area contributed by atoms with E-state index in [0.29, 0.717) is 0 Å². The van der Waals surface area contributed by atoms with Gasteiger partial charge in [0.05, 0.1) is 0 Å². The third-order valence-electron chi connectivity index (χ3n) is 2.90. The van der Waals surface area contributed by atoms with Crippen molar-refractivity contribution in [1.82, 2.24) is 0 Å². The summed E-state index contributed by atoms with van der Waals surface area (Å²) in [5.41, 5.74) is 4.00. The van der Waals surface area contributed by atoms with E-state index in [2.05, 4.69) is 0 Å². The number of ketones is 1. The van der Waals surface area contributed by atoms with Crippen LogP contribution in [0.15, 0.2) is 48.5 Å². The smallest absolute Gasteiger partial charge is 0.193 e. The minimum atomic E-state index is 0. The predicted molar refractivity (Wildman–Crippen MR) is 61.6 cm³/mol. The molecule has 0 spiro atoms. The van der Waals surface area contributed by atoms with Gasteiger partial charge in [0.15, 0.2) is 5.78 Å². The van der Waals surface area contributed by atoms with Crippen molar-refractivity contribution in [3.8, 4) is 0 Å². The van der Waals surface area contributed by atoms with Crippen LogP contribution in [-0.4, -0.2) is 5.78 Å². The normalized spacial score (nSPS) is 12.4. The summed E-state index contributed by atoms with van der Waals surface area (Å²) < 4.78 is 0. The molecule has 0 unspecified atom stereocenters. The van der Waals surface area contributed by atoms with Gasteiger partial charge in [0.2, 0.25) is 0 Å². The fourth-order valence-electron chi connectivity index (χ4n) is 2.14. The summed E-state index contributed by atoms with van der Waals surface area (Å²) in [5.74, 6) is 0.160. The lowest BCUT2D eigenvalue weighted by Gasteiger charge is -2.17. The molecular formula is C14H11FO. The lowest BCUT2D eigenvalue weighted by Crippen LogP contribution is -2.14. The van der Waals surface area contributed by atoms with Gasteiger partial charge in [-0.15, -0.1) is 0 Å². The Bertz CT molecular complexity index is 498. The summed E-state index contributed by atoms with van der Waals surface area (Å²) in [5, 5.41) is 0. The topological polar surface area (TPSA) is 17.1 Å². The van der Waals surface area contributed by atoms with Crippen LogP contribution in [0.4, 0.5) is 4.70 Å². The lowest BCUT2D eigenvalue weighted by atomic mass is 9.85. The molecule has 0 radical (unpaired) electrons. The van der Waals surface area contributed by atoms with Crippen molar-refractivity contribution in [3.05, 3.63) is 70.8 Å². The van der Waals surface area contributed by atoms with Crippen LogP contribution in [0.2, 0.25) is 0 Å². The van der Waals surface area contributed by atoms with Crippen LogP contribution < -0.4 is 0 Å². The molecule has 0 N–H and O–H groups in total. The quantitative estimate of drug-likeness (QED) is 0.562. The molecule has 2 aromatic carbocycles. The predicted octanol–water partition coefficient (Wildman–Crippen LogP) is 2.97. The highest BCUT2D eigenvalue weighted by atomic mass is 19.0. The minimum absolute atomic E-state index is 0. The number of benzene rings is 2. The van der Waals surface area contributed by atoms with Gasteiger partial charge in [-0.25, -0.2) is 0 Å². The molecule has 2 heteroatoms. The van der Waals surface area contributed by atoms with Gasteiger partial charge in [0.1, 0.15) is 0 Å². The van der Waals surface area contributed by atoms with E-state index in [1.54, 1.807) is 0 Å². The van der Waals surface area contributed by atoms with Crippen LogP contribution in [0.25, 0.3) is 0 Å². The first-order valence-electron chi connectivity index (χ1n) is 5.07. The van der Waals surface area contributed by atoms with Crippen molar-refractivity contribution in [2.45, 2.75) is 6.42 Å². The summed E-state index contributed by atoms with van der Waals surface area (Å²) in [6.45, 7) is 0. The van der Waals surface area contributed by atoms with Crippen LogP contribution in [0.3, 0.4) is 0 Å². The van der Waals surface area contributed by atoms with Crippen molar-refractivity contribution >= 4 is 5.78 Å². The minimum Gasteiger partial charge on any atom is -0.289 e. The molecule has 0 atom stereocenters. The van der Waals surface area contributed by atoms with Crippen LogP contribution in [0.1, 0.15) is 27.0 Å². The molecule has 0 bridgehead atoms. The van der Waals surface area contributed by atoms with E-state index in [4.69, 9.17) is 0 Å². The molecule has 1 aliphatic rings. The van der Waals surface area contributed by atoms with E-state index in [-0.39, 0.29) is 10.5 Å². The van der Waals surface area contributed by atoms with Gasteiger partial charge in [-0.05, 0) is 17.5 Å². The molecule has 0 saturated carbocycles. The summed E-state index contributed by atoms with van der Waals surface area (Å²) in [7, 11) is 0. The van der Waals surface area contributed by atoms with Gasteiger partial charge < -0.3 is 0 Å². The van der Waals surface area contributed by atoms with Crippen LogP contribution >= 0.6 is 0 Å². The zero-order valence-corrected chi connectivity index (χ0v) is 8.64. The number of fused-ring (bicyclic) bond motifs is 2. The van der Waals surface area contributed by atoms with Gasteiger partial charge in [-0.3, -0.25) is 9.50 Å². The standard InChI is InChI=1S/C14H10O.FH/c15-14-12-7-3-1-5-10(12)9-11-6-2-4-8-13(11)14;/h1-8H,9H2;1H. The molecule has 2 aromatic rings. The number of halogens is 1. The van der Waals surface area contributed by atoms with Crippen molar-refractivity contribution in [2.24, 2.45) is 0 Å². The molecule has 0 amide bonds. The van der Waals surface area contributed by atoms with Crippen LogP contribution in [-0.2, 0) is 6.42 Å². The van der Waals surface area contributed by atoms with Crippen molar-refractivity contribution < 1.29 is 9.50 Å². The largest absolute Gasteiger partial charge is 0.289 e.